The average Bonchev–Trinajstić information content (AvgIpc) is 2.79. The fourth-order valence-electron chi connectivity index (χ4n) is 2.41. The van der Waals surface area contributed by atoms with Crippen molar-refractivity contribution in [3.05, 3.63) is 39.3 Å². The van der Waals surface area contributed by atoms with Crippen LogP contribution in [0.2, 0.25) is 0 Å². The first-order valence-corrected chi connectivity index (χ1v) is 7.46. The Bertz CT molecular complexity index is 538. The van der Waals surface area contributed by atoms with Crippen molar-refractivity contribution in [1.82, 2.24) is 0 Å². The summed E-state index contributed by atoms with van der Waals surface area (Å²) < 4.78 is 1.15. The Kier molecular flexibility index (Phi) is 4.29. The lowest BCUT2D eigenvalue weighted by atomic mass is 10.1. The average molecular weight is 363 g/mol. The van der Waals surface area contributed by atoms with E-state index in [4.69, 9.17) is 23.2 Å². The Labute approximate surface area is 131 Å². The second-order valence-electron chi connectivity index (χ2n) is 5.28. The molecule has 1 aromatic rings. The molecular formula is C14H14BrCl2NO. The normalized spacial score (nSPS) is 23.6. The van der Waals surface area contributed by atoms with E-state index in [1.165, 1.54) is 0 Å². The van der Waals surface area contributed by atoms with Crippen molar-refractivity contribution in [2.24, 2.45) is 17.3 Å². The number of hydrogen-bond acceptors (Lipinski definition) is 1. The third-order valence-electron chi connectivity index (χ3n) is 3.59. The topological polar surface area (TPSA) is 29.1 Å². The van der Waals surface area contributed by atoms with Gasteiger partial charge in [-0.1, -0.05) is 59.0 Å². The van der Waals surface area contributed by atoms with E-state index in [1.54, 1.807) is 6.08 Å². The van der Waals surface area contributed by atoms with Gasteiger partial charge in [0.1, 0.15) is 4.49 Å². The Hall–Kier alpha value is -0.510. The van der Waals surface area contributed by atoms with Crippen LogP contribution in [-0.4, -0.2) is 5.91 Å². The standard InChI is InChI=1S/C14H14BrCl2NO/c1-14(2)10(7-11(16)17)12(14)13(19)18-9-5-3-4-8(15)6-9/h3-7,10,12H,1-2H3,(H,18,19). The maximum Gasteiger partial charge on any atom is 0.228 e. The van der Waals surface area contributed by atoms with Crippen LogP contribution in [0.1, 0.15) is 13.8 Å². The fourth-order valence-corrected chi connectivity index (χ4v) is 3.08. The zero-order chi connectivity index (χ0) is 14.2. The molecule has 2 atom stereocenters. The Balaban J connectivity index is 2.08. The van der Waals surface area contributed by atoms with Gasteiger partial charge >= 0.3 is 0 Å². The van der Waals surface area contributed by atoms with E-state index in [-0.39, 0.29) is 27.6 Å². The quantitative estimate of drug-likeness (QED) is 0.807. The molecule has 2 nitrogen and oxygen atoms in total. The SMILES string of the molecule is CC1(C)C(C=C(Cl)Cl)C1C(=O)Nc1cccc(Br)c1. The van der Waals surface area contributed by atoms with Gasteiger partial charge in [0.15, 0.2) is 0 Å². The Morgan fingerprint density at radius 1 is 1.42 bits per heavy atom. The van der Waals surface area contributed by atoms with Gasteiger partial charge in [0.2, 0.25) is 5.91 Å². The molecule has 0 aliphatic heterocycles. The first kappa shape index (κ1) is 14.9. The van der Waals surface area contributed by atoms with E-state index in [0.29, 0.717) is 0 Å². The van der Waals surface area contributed by atoms with Gasteiger partial charge in [-0.2, -0.15) is 0 Å². The molecule has 1 saturated carbocycles. The van der Waals surface area contributed by atoms with Crippen molar-refractivity contribution in [2.45, 2.75) is 13.8 Å². The van der Waals surface area contributed by atoms with Crippen molar-refractivity contribution in [3.63, 3.8) is 0 Å². The second-order valence-corrected chi connectivity index (χ2v) is 7.20. The van der Waals surface area contributed by atoms with E-state index < -0.39 is 0 Å². The molecule has 19 heavy (non-hydrogen) atoms. The van der Waals surface area contributed by atoms with Gasteiger partial charge in [0, 0.05) is 10.2 Å². The summed E-state index contributed by atoms with van der Waals surface area (Å²) in [5, 5.41) is 2.92. The zero-order valence-electron chi connectivity index (χ0n) is 10.6. The molecule has 0 heterocycles. The molecule has 2 unspecified atom stereocenters. The number of hydrogen-bond donors (Lipinski definition) is 1. The van der Waals surface area contributed by atoms with Crippen molar-refractivity contribution in [2.75, 3.05) is 5.32 Å². The number of anilines is 1. The smallest absolute Gasteiger partial charge is 0.228 e. The number of halogens is 3. The van der Waals surface area contributed by atoms with Gasteiger partial charge < -0.3 is 5.32 Å². The number of benzene rings is 1. The molecule has 102 valence electrons. The van der Waals surface area contributed by atoms with Crippen LogP contribution in [0.15, 0.2) is 39.3 Å². The third-order valence-corrected chi connectivity index (χ3v) is 4.34. The number of rotatable bonds is 3. The predicted octanol–water partition coefficient (Wildman–Crippen LogP) is 4.98. The molecule has 1 fully saturated rings. The molecular weight excluding hydrogens is 349 g/mol. The van der Waals surface area contributed by atoms with Crippen molar-refractivity contribution < 1.29 is 4.79 Å². The van der Waals surface area contributed by atoms with Gasteiger partial charge in [-0.15, -0.1) is 0 Å². The van der Waals surface area contributed by atoms with Gasteiger partial charge in [0.05, 0.1) is 5.92 Å². The molecule has 1 N–H and O–H groups in total. The molecule has 1 aromatic carbocycles. The van der Waals surface area contributed by atoms with Crippen LogP contribution in [-0.2, 0) is 4.79 Å². The number of carbonyl (C=O) groups is 1. The maximum absolute atomic E-state index is 12.3. The Morgan fingerprint density at radius 2 is 2.11 bits per heavy atom. The van der Waals surface area contributed by atoms with E-state index in [9.17, 15) is 4.79 Å². The molecule has 1 aliphatic carbocycles. The second kappa shape index (κ2) is 5.47. The summed E-state index contributed by atoms with van der Waals surface area (Å²) in [5.74, 6) is -0.0115. The lowest BCUT2D eigenvalue weighted by Crippen LogP contribution is -2.16. The van der Waals surface area contributed by atoms with Crippen LogP contribution in [0.4, 0.5) is 5.69 Å². The highest BCUT2D eigenvalue weighted by Crippen LogP contribution is 2.60. The molecule has 0 radical (unpaired) electrons. The number of amides is 1. The minimum atomic E-state index is -0.106. The van der Waals surface area contributed by atoms with E-state index in [0.717, 1.165) is 10.2 Å². The van der Waals surface area contributed by atoms with Crippen molar-refractivity contribution in [1.29, 1.82) is 0 Å². The summed E-state index contributed by atoms with van der Waals surface area (Å²) in [4.78, 5) is 12.3. The van der Waals surface area contributed by atoms with Gasteiger partial charge in [-0.05, 0) is 35.6 Å². The predicted molar refractivity (Wildman–Crippen MR) is 83.3 cm³/mol. The van der Waals surface area contributed by atoms with E-state index in [1.807, 2.05) is 38.1 Å². The summed E-state index contributed by atoms with van der Waals surface area (Å²) >= 11 is 14.7. The van der Waals surface area contributed by atoms with Crippen LogP contribution in [0.5, 0.6) is 0 Å². The first-order valence-electron chi connectivity index (χ1n) is 5.91. The summed E-state index contributed by atoms with van der Waals surface area (Å²) in [7, 11) is 0. The maximum atomic E-state index is 12.3. The van der Waals surface area contributed by atoms with Gasteiger partial charge in [-0.25, -0.2) is 0 Å². The van der Waals surface area contributed by atoms with E-state index >= 15 is 0 Å². The fraction of sp³-hybridized carbons (Fsp3) is 0.357. The summed E-state index contributed by atoms with van der Waals surface area (Å²) in [6, 6.07) is 7.52. The van der Waals surface area contributed by atoms with Crippen LogP contribution in [0.3, 0.4) is 0 Å². The van der Waals surface area contributed by atoms with Crippen LogP contribution in [0, 0.1) is 17.3 Å². The molecule has 0 aromatic heterocycles. The lowest BCUT2D eigenvalue weighted by Gasteiger charge is -2.06. The van der Waals surface area contributed by atoms with Gasteiger partial charge in [0.25, 0.3) is 0 Å². The first-order chi connectivity index (χ1) is 8.82. The molecule has 2 rings (SSSR count). The van der Waals surface area contributed by atoms with E-state index in [2.05, 4.69) is 21.2 Å². The van der Waals surface area contributed by atoms with Gasteiger partial charge in [-0.3, -0.25) is 4.79 Å². The van der Waals surface area contributed by atoms with Crippen LogP contribution < -0.4 is 5.32 Å². The highest BCUT2D eigenvalue weighted by atomic mass is 79.9. The summed E-state index contributed by atoms with van der Waals surface area (Å²) in [5.41, 5.74) is 0.673. The molecule has 0 spiro atoms. The summed E-state index contributed by atoms with van der Waals surface area (Å²) in [6.45, 7) is 4.08. The number of nitrogens with one attached hydrogen (secondary N) is 1. The highest BCUT2D eigenvalue weighted by Gasteiger charge is 2.60. The third kappa shape index (κ3) is 3.33. The minimum Gasteiger partial charge on any atom is -0.326 e. The largest absolute Gasteiger partial charge is 0.326 e. The molecule has 5 heteroatoms. The van der Waals surface area contributed by atoms with Crippen LogP contribution >= 0.6 is 39.1 Å². The zero-order valence-corrected chi connectivity index (χ0v) is 13.7. The van der Waals surface area contributed by atoms with Crippen molar-refractivity contribution >= 4 is 50.7 Å². The molecule has 0 saturated heterocycles. The number of allylic oxidation sites excluding steroid dienone is 1. The monoisotopic (exact) mass is 361 g/mol. The highest BCUT2D eigenvalue weighted by molar-refractivity contribution is 9.10. The summed E-state index contributed by atoms with van der Waals surface area (Å²) in [6.07, 6.45) is 1.74. The molecule has 1 amide bonds. The van der Waals surface area contributed by atoms with Crippen LogP contribution in [0.25, 0.3) is 0 Å². The van der Waals surface area contributed by atoms with Crippen molar-refractivity contribution in [3.8, 4) is 0 Å². The molecule has 1 aliphatic rings. The Morgan fingerprint density at radius 3 is 2.68 bits per heavy atom. The minimum absolute atomic E-state index is 0.000988. The molecule has 0 bridgehead atoms. The number of carbonyl (C=O) groups excluding carboxylic acids is 1. The lowest BCUT2D eigenvalue weighted by molar-refractivity contribution is -0.118.